The molecule has 1 aliphatic carbocycles. The number of ether oxygens (including phenoxy) is 4. The van der Waals surface area contributed by atoms with Crippen molar-refractivity contribution in [1.29, 1.82) is 0 Å². The molecule has 0 aromatic heterocycles. The minimum absolute atomic E-state index is 0.00481. The summed E-state index contributed by atoms with van der Waals surface area (Å²) in [5, 5.41) is 48.0. The van der Waals surface area contributed by atoms with Crippen molar-refractivity contribution in [3.63, 3.8) is 0 Å². The van der Waals surface area contributed by atoms with Crippen molar-refractivity contribution in [2.75, 3.05) is 64.8 Å². The normalized spacial score (nSPS) is 37.3. The predicted molar refractivity (Wildman–Crippen MR) is 187 cm³/mol. The molecule has 0 radical (unpaired) electrons. The van der Waals surface area contributed by atoms with Gasteiger partial charge in [-0.25, -0.2) is 0 Å². The van der Waals surface area contributed by atoms with Crippen LogP contribution in [0.3, 0.4) is 0 Å². The van der Waals surface area contributed by atoms with Gasteiger partial charge in [0.15, 0.2) is 6.29 Å². The van der Waals surface area contributed by atoms with Crippen LogP contribution in [-0.4, -0.2) is 158 Å². The first-order valence-corrected chi connectivity index (χ1v) is 18.5. The minimum atomic E-state index is -0.779. The fourth-order valence-corrected chi connectivity index (χ4v) is 6.94. The largest absolute Gasteiger partial charge is 0.394 e. The van der Waals surface area contributed by atoms with Gasteiger partial charge in [-0.15, -0.1) is 0 Å². The quantitative estimate of drug-likeness (QED) is 0.0394. The van der Waals surface area contributed by atoms with E-state index in [4.69, 9.17) is 47.0 Å². The number of aliphatic hydroxyl groups excluding tert-OH is 3. The lowest BCUT2D eigenvalue weighted by molar-refractivity contribution is -0.179. The molecule has 11 atom stereocenters. The number of nitrogens with two attached hydrogens (primary N) is 4. The molecule has 1 saturated carbocycles. The van der Waals surface area contributed by atoms with Gasteiger partial charge in [0, 0.05) is 56.9 Å². The number of nitroso groups, excluding NO2 is 1. The SMILES string of the molecule is NCCSNC1CC(N)[C@@H](N=O)C(OC2C[C@H](O)C(CO)O2)C1.NC[C@H]1CC(O)[C@@H](N)CO1.OC1(CNCC2C=CCCO2)CCNCC1. The molecule has 5 aliphatic rings. The van der Waals surface area contributed by atoms with Crippen LogP contribution < -0.4 is 38.3 Å². The van der Waals surface area contributed by atoms with Gasteiger partial charge in [-0.3, -0.25) is 4.72 Å². The minimum Gasteiger partial charge on any atom is -0.394 e. The number of hydrogen-bond acceptors (Lipinski definition) is 18. The molecule has 4 aliphatic heterocycles. The van der Waals surface area contributed by atoms with Crippen molar-refractivity contribution in [1.82, 2.24) is 15.4 Å². The van der Waals surface area contributed by atoms with Crippen LogP contribution in [0.2, 0.25) is 0 Å². The lowest BCUT2D eigenvalue weighted by Crippen LogP contribution is -2.54. The summed E-state index contributed by atoms with van der Waals surface area (Å²) in [5.74, 6) is 0.780. The molecule has 17 nitrogen and oxygen atoms in total. The number of piperidine rings is 1. The zero-order valence-corrected chi connectivity index (χ0v) is 29.3. The number of hydrogen-bond donors (Lipinski definition) is 11. The zero-order valence-electron chi connectivity index (χ0n) is 28.5. The molecule has 0 spiro atoms. The second kappa shape index (κ2) is 22.9. The molecule has 4 heterocycles. The third kappa shape index (κ3) is 14.9. The van der Waals surface area contributed by atoms with E-state index < -0.39 is 48.4 Å². The van der Waals surface area contributed by atoms with Crippen LogP contribution in [0.5, 0.6) is 0 Å². The van der Waals surface area contributed by atoms with Gasteiger partial charge in [0.05, 0.1) is 62.0 Å². The van der Waals surface area contributed by atoms with Crippen molar-refractivity contribution in [2.45, 2.75) is 118 Å². The highest BCUT2D eigenvalue weighted by Crippen LogP contribution is 2.30. The van der Waals surface area contributed by atoms with E-state index in [-0.39, 0.29) is 37.3 Å². The van der Waals surface area contributed by atoms with Gasteiger partial charge in [-0.2, -0.15) is 4.91 Å². The number of aliphatic hydroxyl groups is 4. The monoisotopic (exact) mass is 722 g/mol. The Morgan fingerprint density at radius 2 is 1.84 bits per heavy atom. The summed E-state index contributed by atoms with van der Waals surface area (Å²) in [4.78, 5) is 11.1. The summed E-state index contributed by atoms with van der Waals surface area (Å²) in [7, 11) is 0. The molecule has 7 unspecified atom stereocenters. The average molecular weight is 723 g/mol. The van der Waals surface area contributed by atoms with Crippen molar-refractivity contribution in [3.8, 4) is 0 Å². The van der Waals surface area contributed by atoms with Gasteiger partial charge >= 0.3 is 0 Å². The number of rotatable bonds is 13. The Morgan fingerprint density at radius 1 is 1.06 bits per heavy atom. The van der Waals surface area contributed by atoms with Crippen LogP contribution in [0.1, 0.15) is 44.9 Å². The van der Waals surface area contributed by atoms with Crippen LogP contribution in [-0.2, 0) is 18.9 Å². The highest BCUT2D eigenvalue weighted by molar-refractivity contribution is 7.97. The Hall–Kier alpha value is -0.910. The van der Waals surface area contributed by atoms with E-state index in [0.29, 0.717) is 45.5 Å². The maximum atomic E-state index is 11.1. The van der Waals surface area contributed by atoms with Crippen LogP contribution in [0, 0.1) is 4.91 Å². The molecular weight excluding hydrogens is 660 g/mol. The van der Waals surface area contributed by atoms with Crippen molar-refractivity contribution < 1.29 is 39.4 Å². The van der Waals surface area contributed by atoms with Gasteiger partial charge in [0.1, 0.15) is 12.1 Å². The number of nitrogens with one attached hydrogen (secondary N) is 3. The Kier molecular flexibility index (Phi) is 19.9. The van der Waals surface area contributed by atoms with Crippen molar-refractivity contribution in [3.05, 3.63) is 17.1 Å². The van der Waals surface area contributed by atoms with E-state index in [1.165, 1.54) is 11.9 Å². The molecule has 3 saturated heterocycles. The van der Waals surface area contributed by atoms with Crippen molar-refractivity contribution in [2.24, 2.45) is 28.1 Å². The summed E-state index contributed by atoms with van der Waals surface area (Å²) < 4.78 is 25.3. The Morgan fingerprint density at radius 3 is 2.45 bits per heavy atom. The second-order valence-electron chi connectivity index (χ2n) is 13.3. The molecule has 4 fully saturated rings. The lowest BCUT2D eigenvalue weighted by atomic mass is 9.85. The smallest absolute Gasteiger partial charge is 0.161 e. The van der Waals surface area contributed by atoms with Gasteiger partial charge in [-0.05, 0) is 45.2 Å². The number of nitrogens with zero attached hydrogens (tertiary/aromatic N) is 1. The van der Waals surface area contributed by atoms with Crippen LogP contribution in [0.15, 0.2) is 17.3 Å². The summed E-state index contributed by atoms with van der Waals surface area (Å²) in [6.07, 6.45) is 6.11. The van der Waals surface area contributed by atoms with E-state index in [9.17, 15) is 20.2 Å². The molecular formula is C31H62N8O9S. The molecule has 0 amide bonds. The first-order valence-electron chi connectivity index (χ1n) is 17.5. The fourth-order valence-electron chi connectivity index (χ4n) is 6.28. The first-order chi connectivity index (χ1) is 23.6. The summed E-state index contributed by atoms with van der Waals surface area (Å²) in [6.45, 7) is 5.29. The van der Waals surface area contributed by atoms with Crippen LogP contribution in [0.4, 0.5) is 0 Å². The van der Waals surface area contributed by atoms with Gasteiger partial charge in [0.25, 0.3) is 0 Å². The fraction of sp³-hybridized carbons (Fsp3) is 0.935. The van der Waals surface area contributed by atoms with E-state index in [2.05, 4.69) is 32.7 Å². The molecule has 0 bridgehead atoms. The summed E-state index contributed by atoms with van der Waals surface area (Å²) >= 11 is 1.52. The van der Waals surface area contributed by atoms with Gasteiger partial charge < -0.3 is 72.9 Å². The molecule has 49 heavy (non-hydrogen) atoms. The molecule has 15 N–H and O–H groups in total. The van der Waals surface area contributed by atoms with Crippen LogP contribution in [0.25, 0.3) is 0 Å². The van der Waals surface area contributed by atoms with E-state index in [1.807, 2.05) is 0 Å². The molecule has 18 heteroatoms. The summed E-state index contributed by atoms with van der Waals surface area (Å²) in [6, 6.07) is -1.20. The topological polar surface area (TPSA) is 287 Å². The molecule has 5 rings (SSSR count). The highest BCUT2D eigenvalue weighted by Gasteiger charge is 2.42. The van der Waals surface area contributed by atoms with Gasteiger partial charge in [-0.1, -0.05) is 29.3 Å². The van der Waals surface area contributed by atoms with Gasteiger partial charge in [0.2, 0.25) is 0 Å². The molecule has 0 aromatic rings. The van der Waals surface area contributed by atoms with E-state index in [1.54, 1.807) is 0 Å². The Labute approximate surface area is 294 Å². The third-order valence-corrected chi connectivity index (χ3v) is 10.2. The van der Waals surface area contributed by atoms with Crippen LogP contribution >= 0.6 is 11.9 Å². The second-order valence-corrected chi connectivity index (χ2v) is 14.3. The highest BCUT2D eigenvalue weighted by atomic mass is 32.2. The lowest BCUT2D eigenvalue weighted by Gasteiger charge is -2.37. The van der Waals surface area contributed by atoms with Crippen molar-refractivity contribution >= 4 is 11.9 Å². The van der Waals surface area contributed by atoms with E-state index >= 15 is 0 Å². The Bertz CT molecular complexity index is 943. The standard InChI is InChI=1S/C13H26N4O5S.C12H22N2O2.C6H14N2O2/c14-1-2-23-17-7-3-8(15)13(16-20)10(4-7)21-12-5-9(19)11(6-18)22-12;15-12(4-6-13-7-5-12)10-14-9-11-3-1-2-8-16-11;7-2-4-1-6(9)5(8)3-10-4/h7-13,17-19H,1-6,14-15H2;1,3,11,13-15H,2,4-10H2;4-6,9H,1-3,7-8H2/t7?,8?,9-,10?,11?,12?,13+;;4-,5+,6?/m0.1/s1. The molecule has 286 valence electrons. The van der Waals surface area contributed by atoms with E-state index in [0.717, 1.165) is 51.3 Å². The first kappa shape index (κ1) is 42.5. The maximum absolute atomic E-state index is 11.1. The summed E-state index contributed by atoms with van der Waals surface area (Å²) in [5.41, 5.74) is 21.8. The average Bonchev–Trinajstić information content (AvgIpc) is 3.46. The maximum Gasteiger partial charge on any atom is 0.161 e. The molecule has 0 aromatic carbocycles. The zero-order chi connectivity index (χ0) is 35.6. The predicted octanol–water partition coefficient (Wildman–Crippen LogP) is -2.88. The third-order valence-electron chi connectivity index (χ3n) is 9.27. The Balaban J connectivity index is 0.000000216.